The maximum absolute atomic E-state index is 4.27. The SMILES string of the molecule is I.c1ccc(CCCNC2=NCCN2)cc1. The maximum Gasteiger partial charge on any atom is 0.191 e. The zero-order valence-electron chi connectivity index (χ0n) is 9.28. The van der Waals surface area contributed by atoms with Gasteiger partial charge >= 0.3 is 0 Å². The Kier molecular flexibility index (Phi) is 6.22. The molecule has 0 aliphatic carbocycles. The molecule has 0 amide bonds. The third-order valence-corrected chi connectivity index (χ3v) is 2.45. The number of hydrogen-bond acceptors (Lipinski definition) is 3. The fraction of sp³-hybridized carbons (Fsp3) is 0.417. The predicted octanol–water partition coefficient (Wildman–Crippen LogP) is 1.79. The predicted molar refractivity (Wildman–Crippen MR) is 78.5 cm³/mol. The highest BCUT2D eigenvalue weighted by molar-refractivity contribution is 14.0. The quantitative estimate of drug-likeness (QED) is 0.652. The lowest BCUT2D eigenvalue weighted by Gasteiger charge is -2.06. The van der Waals surface area contributed by atoms with Crippen LogP contribution in [-0.2, 0) is 6.42 Å². The van der Waals surface area contributed by atoms with Gasteiger partial charge in [-0.05, 0) is 18.4 Å². The molecular weight excluding hydrogens is 313 g/mol. The summed E-state index contributed by atoms with van der Waals surface area (Å²) in [5, 5.41) is 6.48. The minimum atomic E-state index is 0. The van der Waals surface area contributed by atoms with Gasteiger partial charge in [0.05, 0.1) is 6.54 Å². The van der Waals surface area contributed by atoms with Gasteiger partial charge in [-0.25, -0.2) is 0 Å². The average molecular weight is 331 g/mol. The Morgan fingerprint density at radius 3 is 2.75 bits per heavy atom. The Balaban J connectivity index is 0.00000128. The number of nitrogens with one attached hydrogen (secondary N) is 2. The van der Waals surface area contributed by atoms with Crippen LogP contribution < -0.4 is 10.6 Å². The van der Waals surface area contributed by atoms with E-state index in [0.29, 0.717) is 0 Å². The molecule has 0 bridgehead atoms. The van der Waals surface area contributed by atoms with Gasteiger partial charge in [-0.3, -0.25) is 4.99 Å². The van der Waals surface area contributed by atoms with Crippen molar-refractivity contribution in [1.29, 1.82) is 0 Å². The molecule has 0 saturated heterocycles. The van der Waals surface area contributed by atoms with E-state index in [1.165, 1.54) is 5.56 Å². The molecule has 1 aromatic carbocycles. The van der Waals surface area contributed by atoms with Gasteiger partial charge in [0.2, 0.25) is 0 Å². The normalized spacial score (nSPS) is 13.6. The van der Waals surface area contributed by atoms with Crippen LogP contribution in [0.4, 0.5) is 0 Å². The monoisotopic (exact) mass is 331 g/mol. The van der Waals surface area contributed by atoms with E-state index >= 15 is 0 Å². The van der Waals surface area contributed by atoms with Crippen LogP contribution in [0.3, 0.4) is 0 Å². The largest absolute Gasteiger partial charge is 0.356 e. The molecule has 1 heterocycles. The van der Waals surface area contributed by atoms with Gasteiger partial charge < -0.3 is 10.6 Å². The molecule has 88 valence electrons. The Morgan fingerprint density at radius 1 is 1.25 bits per heavy atom. The molecule has 0 radical (unpaired) electrons. The van der Waals surface area contributed by atoms with Gasteiger partial charge in [0, 0.05) is 13.1 Å². The van der Waals surface area contributed by atoms with Crippen molar-refractivity contribution < 1.29 is 0 Å². The summed E-state index contributed by atoms with van der Waals surface area (Å²) in [7, 11) is 0. The summed E-state index contributed by atoms with van der Waals surface area (Å²) < 4.78 is 0. The summed E-state index contributed by atoms with van der Waals surface area (Å²) in [6.45, 7) is 2.86. The van der Waals surface area contributed by atoms with E-state index in [0.717, 1.165) is 38.4 Å². The van der Waals surface area contributed by atoms with Crippen molar-refractivity contribution in [2.24, 2.45) is 4.99 Å². The van der Waals surface area contributed by atoms with Crippen molar-refractivity contribution in [2.45, 2.75) is 12.8 Å². The van der Waals surface area contributed by atoms with Gasteiger partial charge in [-0.2, -0.15) is 0 Å². The second-order valence-corrected chi connectivity index (χ2v) is 3.67. The lowest BCUT2D eigenvalue weighted by atomic mass is 10.1. The van der Waals surface area contributed by atoms with Crippen LogP contribution in [0.1, 0.15) is 12.0 Å². The average Bonchev–Trinajstić information content (AvgIpc) is 2.79. The molecule has 0 spiro atoms. The van der Waals surface area contributed by atoms with Crippen molar-refractivity contribution in [3.05, 3.63) is 35.9 Å². The molecule has 1 aliphatic rings. The van der Waals surface area contributed by atoms with Crippen molar-refractivity contribution in [3.63, 3.8) is 0 Å². The molecule has 0 fully saturated rings. The molecule has 2 N–H and O–H groups in total. The first-order valence-corrected chi connectivity index (χ1v) is 5.51. The standard InChI is InChI=1S/C12H17N3.HI/c1-2-5-11(6-3-1)7-4-8-13-12-14-9-10-15-12;/h1-3,5-6H,4,7-10H2,(H2,13,14,15);1H. The molecule has 1 aliphatic heterocycles. The van der Waals surface area contributed by atoms with Gasteiger partial charge in [0.25, 0.3) is 0 Å². The number of halogens is 1. The van der Waals surface area contributed by atoms with E-state index < -0.39 is 0 Å². The number of aliphatic imine (C=N–C) groups is 1. The van der Waals surface area contributed by atoms with E-state index in [9.17, 15) is 0 Å². The summed E-state index contributed by atoms with van der Waals surface area (Å²) >= 11 is 0. The minimum Gasteiger partial charge on any atom is -0.356 e. The van der Waals surface area contributed by atoms with Crippen molar-refractivity contribution in [3.8, 4) is 0 Å². The molecule has 1 aromatic rings. The molecule has 0 saturated carbocycles. The molecular formula is C12H18IN3. The smallest absolute Gasteiger partial charge is 0.191 e. The minimum absolute atomic E-state index is 0. The molecule has 16 heavy (non-hydrogen) atoms. The van der Waals surface area contributed by atoms with E-state index in [4.69, 9.17) is 0 Å². The summed E-state index contributed by atoms with van der Waals surface area (Å²) in [5.74, 6) is 0.961. The van der Waals surface area contributed by atoms with Crippen molar-refractivity contribution in [2.75, 3.05) is 19.6 Å². The highest BCUT2D eigenvalue weighted by Gasteiger charge is 2.02. The maximum atomic E-state index is 4.27. The Morgan fingerprint density at radius 2 is 2.06 bits per heavy atom. The third-order valence-electron chi connectivity index (χ3n) is 2.45. The summed E-state index contributed by atoms with van der Waals surface area (Å²) in [5.41, 5.74) is 1.40. The number of aryl methyl sites for hydroxylation is 1. The summed E-state index contributed by atoms with van der Waals surface area (Å²) in [4.78, 5) is 4.27. The first-order valence-electron chi connectivity index (χ1n) is 5.51. The topological polar surface area (TPSA) is 36.4 Å². The second kappa shape index (κ2) is 7.49. The molecule has 0 unspecified atom stereocenters. The third kappa shape index (κ3) is 4.38. The van der Waals surface area contributed by atoms with E-state index in [2.05, 4.69) is 46.0 Å². The van der Waals surface area contributed by atoms with Gasteiger partial charge in [0.1, 0.15) is 0 Å². The van der Waals surface area contributed by atoms with Crippen LogP contribution in [0, 0.1) is 0 Å². The van der Waals surface area contributed by atoms with E-state index in [1.54, 1.807) is 0 Å². The first kappa shape index (κ1) is 13.3. The number of hydrogen-bond donors (Lipinski definition) is 2. The Bertz CT molecular complexity index is 324. The van der Waals surface area contributed by atoms with Crippen LogP contribution in [0.5, 0.6) is 0 Å². The lowest BCUT2D eigenvalue weighted by Crippen LogP contribution is -2.34. The summed E-state index contributed by atoms with van der Waals surface area (Å²) in [6, 6.07) is 10.6. The lowest BCUT2D eigenvalue weighted by molar-refractivity contribution is 0.761. The van der Waals surface area contributed by atoms with Gasteiger partial charge in [0.15, 0.2) is 5.96 Å². The molecule has 0 aromatic heterocycles. The number of guanidine groups is 1. The van der Waals surface area contributed by atoms with Crippen molar-refractivity contribution in [1.82, 2.24) is 10.6 Å². The molecule has 3 nitrogen and oxygen atoms in total. The highest BCUT2D eigenvalue weighted by Crippen LogP contribution is 2.01. The number of rotatable bonds is 4. The van der Waals surface area contributed by atoms with E-state index in [1.807, 2.05) is 0 Å². The number of nitrogens with zero attached hydrogens (tertiary/aromatic N) is 1. The first-order chi connectivity index (χ1) is 7.45. The van der Waals surface area contributed by atoms with Crippen LogP contribution >= 0.6 is 24.0 Å². The summed E-state index contributed by atoms with van der Waals surface area (Å²) in [6.07, 6.45) is 2.27. The van der Waals surface area contributed by atoms with Crippen LogP contribution in [0.15, 0.2) is 35.3 Å². The molecule has 2 rings (SSSR count). The van der Waals surface area contributed by atoms with Crippen LogP contribution in [-0.4, -0.2) is 25.6 Å². The second-order valence-electron chi connectivity index (χ2n) is 3.67. The van der Waals surface area contributed by atoms with E-state index in [-0.39, 0.29) is 24.0 Å². The number of benzene rings is 1. The van der Waals surface area contributed by atoms with Crippen molar-refractivity contribution >= 4 is 29.9 Å². The molecule has 4 heteroatoms. The zero-order valence-corrected chi connectivity index (χ0v) is 11.6. The Hall–Kier alpha value is -0.780. The van der Waals surface area contributed by atoms with Gasteiger partial charge in [-0.1, -0.05) is 30.3 Å². The fourth-order valence-electron chi connectivity index (χ4n) is 1.66. The van der Waals surface area contributed by atoms with Gasteiger partial charge in [-0.15, -0.1) is 24.0 Å². The van der Waals surface area contributed by atoms with Crippen LogP contribution in [0.2, 0.25) is 0 Å². The molecule has 0 atom stereocenters. The highest BCUT2D eigenvalue weighted by atomic mass is 127. The Labute approximate surface area is 114 Å². The zero-order chi connectivity index (χ0) is 10.3. The van der Waals surface area contributed by atoms with Crippen LogP contribution in [0.25, 0.3) is 0 Å². The fourth-order valence-corrected chi connectivity index (χ4v) is 1.66.